The molecular formula is C13H15N5. The zero-order valence-electron chi connectivity index (χ0n) is 10.4. The van der Waals surface area contributed by atoms with E-state index in [1.807, 2.05) is 30.9 Å². The van der Waals surface area contributed by atoms with Gasteiger partial charge in [-0.05, 0) is 25.1 Å². The van der Waals surface area contributed by atoms with Gasteiger partial charge in [0.05, 0.1) is 29.2 Å². The minimum Gasteiger partial charge on any atom is -0.397 e. The number of aryl methyl sites for hydroxylation is 1. The van der Waals surface area contributed by atoms with Crippen molar-refractivity contribution in [2.45, 2.75) is 13.5 Å². The Balaban J connectivity index is 2.11. The van der Waals surface area contributed by atoms with Gasteiger partial charge < -0.3 is 11.1 Å². The molecule has 1 aromatic heterocycles. The minimum absolute atomic E-state index is 0.565. The maximum absolute atomic E-state index is 8.76. The number of nitrogens with one attached hydrogen (secondary N) is 1. The summed E-state index contributed by atoms with van der Waals surface area (Å²) in [4.78, 5) is 0. The maximum Gasteiger partial charge on any atom is 0.0992 e. The van der Waals surface area contributed by atoms with Crippen molar-refractivity contribution < 1.29 is 0 Å². The number of aromatic nitrogens is 2. The lowest BCUT2D eigenvalue weighted by atomic mass is 10.2. The molecule has 0 atom stereocenters. The van der Waals surface area contributed by atoms with Crippen LogP contribution in [0.15, 0.2) is 24.4 Å². The predicted molar refractivity (Wildman–Crippen MR) is 70.8 cm³/mol. The summed E-state index contributed by atoms with van der Waals surface area (Å²) in [6.45, 7) is 2.68. The van der Waals surface area contributed by atoms with Crippen molar-refractivity contribution in [1.29, 1.82) is 5.26 Å². The number of nitrogens with two attached hydrogens (primary N) is 1. The second-order valence-electron chi connectivity index (χ2n) is 4.15. The lowest BCUT2D eigenvalue weighted by Gasteiger charge is -2.09. The summed E-state index contributed by atoms with van der Waals surface area (Å²) in [7, 11) is 1.91. The topological polar surface area (TPSA) is 79.7 Å². The monoisotopic (exact) mass is 241 g/mol. The van der Waals surface area contributed by atoms with Crippen LogP contribution in [0.2, 0.25) is 0 Å². The van der Waals surface area contributed by atoms with Crippen LogP contribution in [0.3, 0.4) is 0 Å². The van der Waals surface area contributed by atoms with E-state index < -0.39 is 0 Å². The first-order valence-corrected chi connectivity index (χ1v) is 5.63. The van der Waals surface area contributed by atoms with Crippen molar-refractivity contribution >= 4 is 11.4 Å². The summed E-state index contributed by atoms with van der Waals surface area (Å²) in [6.07, 6.45) is 1.84. The largest absolute Gasteiger partial charge is 0.397 e. The fraction of sp³-hybridized carbons (Fsp3) is 0.231. The van der Waals surface area contributed by atoms with E-state index in [0.717, 1.165) is 16.9 Å². The summed E-state index contributed by atoms with van der Waals surface area (Å²) in [6, 6.07) is 7.29. The molecule has 0 saturated carbocycles. The molecule has 1 aromatic carbocycles. The highest BCUT2D eigenvalue weighted by Gasteiger charge is 2.05. The fourth-order valence-corrected chi connectivity index (χ4v) is 1.70. The van der Waals surface area contributed by atoms with Crippen molar-refractivity contribution in [1.82, 2.24) is 9.78 Å². The van der Waals surface area contributed by atoms with Gasteiger partial charge in [-0.15, -0.1) is 0 Å². The Hall–Kier alpha value is -2.48. The van der Waals surface area contributed by atoms with Crippen LogP contribution in [0.25, 0.3) is 0 Å². The van der Waals surface area contributed by atoms with Crippen molar-refractivity contribution in [2.75, 3.05) is 11.1 Å². The number of nitriles is 1. The molecule has 0 aliphatic heterocycles. The van der Waals surface area contributed by atoms with Gasteiger partial charge in [0.25, 0.3) is 0 Å². The molecule has 5 heteroatoms. The van der Waals surface area contributed by atoms with Gasteiger partial charge in [0, 0.05) is 24.8 Å². The quantitative estimate of drug-likeness (QED) is 0.803. The highest BCUT2D eigenvalue weighted by molar-refractivity contribution is 5.68. The van der Waals surface area contributed by atoms with E-state index in [1.54, 1.807) is 12.1 Å². The number of hydrogen-bond donors (Lipinski definition) is 2. The molecule has 0 bridgehead atoms. The minimum atomic E-state index is 0.565. The first-order valence-electron chi connectivity index (χ1n) is 5.63. The Morgan fingerprint density at radius 2 is 2.28 bits per heavy atom. The molecule has 18 heavy (non-hydrogen) atoms. The molecule has 1 heterocycles. The molecule has 0 spiro atoms. The summed E-state index contributed by atoms with van der Waals surface area (Å²) in [5.74, 6) is 0. The van der Waals surface area contributed by atoms with Crippen LogP contribution < -0.4 is 11.1 Å². The molecule has 0 unspecified atom stereocenters. The molecule has 0 aliphatic rings. The Morgan fingerprint density at radius 1 is 1.50 bits per heavy atom. The lowest BCUT2D eigenvalue weighted by molar-refractivity contribution is 0.738. The van der Waals surface area contributed by atoms with E-state index in [4.69, 9.17) is 11.0 Å². The van der Waals surface area contributed by atoms with Crippen LogP contribution in [0, 0.1) is 18.3 Å². The lowest BCUT2D eigenvalue weighted by Crippen LogP contribution is -2.04. The smallest absolute Gasteiger partial charge is 0.0992 e. The Morgan fingerprint density at radius 3 is 2.83 bits per heavy atom. The van der Waals surface area contributed by atoms with E-state index in [9.17, 15) is 0 Å². The van der Waals surface area contributed by atoms with Gasteiger partial charge in [-0.2, -0.15) is 10.4 Å². The molecule has 3 N–H and O–H groups in total. The van der Waals surface area contributed by atoms with Gasteiger partial charge >= 0.3 is 0 Å². The Kier molecular flexibility index (Phi) is 3.20. The average molecular weight is 241 g/mol. The molecule has 0 aliphatic carbocycles. The number of anilines is 2. The molecular weight excluding hydrogens is 226 g/mol. The first-order chi connectivity index (χ1) is 8.61. The molecule has 0 fully saturated rings. The predicted octanol–water partition coefficient (Wildman–Crippen LogP) is 1.79. The normalized spacial score (nSPS) is 10.1. The van der Waals surface area contributed by atoms with Crippen molar-refractivity contribution in [3.05, 3.63) is 41.2 Å². The number of rotatable bonds is 3. The third kappa shape index (κ3) is 2.28. The van der Waals surface area contributed by atoms with E-state index in [-0.39, 0.29) is 0 Å². The van der Waals surface area contributed by atoms with Crippen LogP contribution in [0.4, 0.5) is 11.4 Å². The highest BCUT2D eigenvalue weighted by Crippen LogP contribution is 2.20. The van der Waals surface area contributed by atoms with Gasteiger partial charge in [-0.3, -0.25) is 4.68 Å². The zero-order valence-corrected chi connectivity index (χ0v) is 10.4. The molecule has 2 rings (SSSR count). The summed E-state index contributed by atoms with van der Waals surface area (Å²) in [5.41, 5.74) is 10.1. The number of benzene rings is 1. The molecule has 2 aromatic rings. The number of hydrogen-bond acceptors (Lipinski definition) is 4. The SMILES string of the molecule is Cc1c(CNc2ccc(C#N)cc2N)cnn1C. The summed E-state index contributed by atoms with van der Waals surface area (Å²) in [5, 5.41) is 16.2. The van der Waals surface area contributed by atoms with Gasteiger partial charge in [-0.1, -0.05) is 0 Å². The standard InChI is InChI=1S/C13H15N5/c1-9-11(8-17-18(9)2)7-16-13-4-3-10(6-14)5-12(13)15/h3-5,8,16H,7,15H2,1-2H3. The van der Waals surface area contributed by atoms with Gasteiger partial charge in [0.1, 0.15) is 0 Å². The van der Waals surface area contributed by atoms with Crippen LogP contribution in [-0.2, 0) is 13.6 Å². The third-order valence-corrected chi connectivity index (χ3v) is 2.99. The van der Waals surface area contributed by atoms with Crippen LogP contribution >= 0.6 is 0 Å². The third-order valence-electron chi connectivity index (χ3n) is 2.99. The van der Waals surface area contributed by atoms with Crippen LogP contribution in [0.5, 0.6) is 0 Å². The van der Waals surface area contributed by atoms with E-state index in [2.05, 4.69) is 16.5 Å². The average Bonchev–Trinajstić information content (AvgIpc) is 2.68. The zero-order chi connectivity index (χ0) is 13.1. The summed E-state index contributed by atoms with van der Waals surface area (Å²) >= 11 is 0. The fourth-order valence-electron chi connectivity index (χ4n) is 1.70. The van der Waals surface area contributed by atoms with Gasteiger partial charge in [0.2, 0.25) is 0 Å². The van der Waals surface area contributed by atoms with Gasteiger partial charge in [-0.25, -0.2) is 0 Å². The molecule has 5 nitrogen and oxygen atoms in total. The second-order valence-corrected chi connectivity index (χ2v) is 4.15. The van der Waals surface area contributed by atoms with Gasteiger partial charge in [0.15, 0.2) is 0 Å². The second kappa shape index (κ2) is 4.80. The van der Waals surface area contributed by atoms with Crippen molar-refractivity contribution in [3.8, 4) is 6.07 Å². The Labute approximate surface area is 106 Å². The van der Waals surface area contributed by atoms with Crippen molar-refractivity contribution in [2.24, 2.45) is 7.05 Å². The molecule has 92 valence electrons. The number of nitrogen functional groups attached to an aromatic ring is 1. The van der Waals surface area contributed by atoms with E-state index in [1.165, 1.54) is 0 Å². The van der Waals surface area contributed by atoms with E-state index in [0.29, 0.717) is 17.8 Å². The molecule has 0 amide bonds. The van der Waals surface area contributed by atoms with Crippen LogP contribution in [0.1, 0.15) is 16.8 Å². The van der Waals surface area contributed by atoms with E-state index >= 15 is 0 Å². The Bertz CT molecular complexity index is 606. The van der Waals surface area contributed by atoms with Crippen molar-refractivity contribution in [3.63, 3.8) is 0 Å². The summed E-state index contributed by atoms with van der Waals surface area (Å²) < 4.78 is 1.83. The number of nitrogens with zero attached hydrogens (tertiary/aromatic N) is 3. The first kappa shape index (κ1) is 12.0. The molecule has 0 radical (unpaired) electrons. The molecule has 0 saturated heterocycles. The highest BCUT2D eigenvalue weighted by atomic mass is 15.3. The van der Waals surface area contributed by atoms with Crippen LogP contribution in [-0.4, -0.2) is 9.78 Å². The maximum atomic E-state index is 8.76.